The maximum Gasteiger partial charge on any atom is 0.237 e. The highest BCUT2D eigenvalue weighted by molar-refractivity contribution is 8.00. The van der Waals surface area contributed by atoms with Crippen LogP contribution in [0.15, 0.2) is 77.7 Å². The molecule has 140 valence electrons. The van der Waals surface area contributed by atoms with Crippen molar-refractivity contribution in [2.24, 2.45) is 0 Å². The molecule has 1 amide bonds. The largest absolute Gasteiger partial charge is 0.325 e. The molecule has 0 saturated heterocycles. The summed E-state index contributed by atoms with van der Waals surface area (Å²) < 4.78 is 1.19. The van der Waals surface area contributed by atoms with E-state index in [2.05, 4.69) is 30.4 Å². The van der Waals surface area contributed by atoms with E-state index in [-0.39, 0.29) is 11.2 Å². The van der Waals surface area contributed by atoms with Gasteiger partial charge in [0.2, 0.25) is 5.91 Å². The fourth-order valence-electron chi connectivity index (χ4n) is 2.85. The van der Waals surface area contributed by atoms with Crippen LogP contribution in [-0.2, 0) is 4.79 Å². The molecule has 0 spiro atoms. The molecular weight excluding hydrogens is 384 g/mol. The van der Waals surface area contributed by atoms with Crippen LogP contribution >= 0.6 is 23.1 Å². The Kier molecular flexibility index (Phi) is 5.46. The van der Waals surface area contributed by atoms with Gasteiger partial charge in [-0.3, -0.25) is 4.79 Å². The van der Waals surface area contributed by atoms with Crippen LogP contribution in [-0.4, -0.2) is 16.1 Å². The minimum Gasteiger partial charge on any atom is -0.325 e. The van der Waals surface area contributed by atoms with Crippen molar-refractivity contribution >= 4 is 44.9 Å². The van der Waals surface area contributed by atoms with Crippen molar-refractivity contribution in [2.45, 2.75) is 24.0 Å². The first-order valence-electron chi connectivity index (χ1n) is 9.09. The second kappa shape index (κ2) is 8.17. The number of anilines is 1. The number of nitrogens with one attached hydrogen (secondary N) is 1. The van der Waals surface area contributed by atoms with Gasteiger partial charge in [0.15, 0.2) is 0 Å². The van der Waals surface area contributed by atoms with Crippen molar-refractivity contribution in [1.29, 1.82) is 0 Å². The number of rotatable bonds is 5. The number of thiazole rings is 1. The Labute approximate surface area is 172 Å². The summed E-state index contributed by atoms with van der Waals surface area (Å²) in [4.78, 5) is 18.3. The van der Waals surface area contributed by atoms with Crippen LogP contribution in [0.25, 0.3) is 20.8 Å². The summed E-state index contributed by atoms with van der Waals surface area (Å²) in [6, 6.07) is 24.2. The van der Waals surface area contributed by atoms with Crippen molar-refractivity contribution in [2.75, 3.05) is 5.32 Å². The summed E-state index contributed by atoms with van der Waals surface area (Å²) in [5.74, 6) is -0.00272. The van der Waals surface area contributed by atoms with E-state index in [9.17, 15) is 4.79 Å². The number of aromatic nitrogens is 1. The molecule has 3 aromatic carbocycles. The topological polar surface area (TPSA) is 42.0 Å². The SMILES string of the molecule is Cc1ccc2nc(-c3ccc(NC(=O)[C@H](C)Sc4ccccc4)cc3)sc2c1. The number of aryl methyl sites for hydroxylation is 1. The quantitative estimate of drug-likeness (QED) is 0.392. The zero-order valence-electron chi connectivity index (χ0n) is 15.7. The molecule has 0 unspecified atom stereocenters. The second-order valence-corrected chi connectivity index (χ2v) is 9.07. The highest BCUT2D eigenvalue weighted by atomic mass is 32.2. The molecule has 0 aliphatic heterocycles. The molecule has 1 aromatic heterocycles. The zero-order valence-corrected chi connectivity index (χ0v) is 17.3. The first-order valence-corrected chi connectivity index (χ1v) is 10.8. The van der Waals surface area contributed by atoms with Crippen LogP contribution in [0.3, 0.4) is 0 Å². The van der Waals surface area contributed by atoms with Crippen molar-refractivity contribution in [1.82, 2.24) is 4.98 Å². The Morgan fingerprint density at radius 1 is 1.04 bits per heavy atom. The molecule has 3 nitrogen and oxygen atoms in total. The third-order valence-corrected chi connectivity index (χ3v) is 6.55. The van der Waals surface area contributed by atoms with Crippen LogP contribution < -0.4 is 5.32 Å². The summed E-state index contributed by atoms with van der Waals surface area (Å²) in [5.41, 5.74) is 4.12. The summed E-state index contributed by atoms with van der Waals surface area (Å²) in [5, 5.41) is 3.82. The van der Waals surface area contributed by atoms with Gasteiger partial charge in [0.25, 0.3) is 0 Å². The van der Waals surface area contributed by atoms with Gasteiger partial charge in [0.1, 0.15) is 5.01 Å². The van der Waals surface area contributed by atoms with Gasteiger partial charge in [-0.2, -0.15) is 0 Å². The van der Waals surface area contributed by atoms with Gasteiger partial charge in [-0.05, 0) is 67.9 Å². The van der Waals surface area contributed by atoms with Crippen LogP contribution in [0.2, 0.25) is 0 Å². The third kappa shape index (κ3) is 4.26. The minimum atomic E-state index is -0.172. The van der Waals surface area contributed by atoms with Gasteiger partial charge in [0.05, 0.1) is 15.5 Å². The molecule has 4 rings (SSSR count). The standard InChI is InChI=1S/C23H20N2OS2/c1-15-8-13-20-21(14-15)28-23(25-20)17-9-11-18(12-10-17)24-22(26)16(2)27-19-6-4-3-5-7-19/h3-14,16H,1-2H3,(H,24,26)/t16-/m0/s1. The zero-order chi connectivity index (χ0) is 19.5. The van der Waals surface area contributed by atoms with Gasteiger partial charge in [-0.25, -0.2) is 4.98 Å². The van der Waals surface area contributed by atoms with Gasteiger partial charge < -0.3 is 5.32 Å². The summed E-state index contributed by atoms with van der Waals surface area (Å²) >= 11 is 3.24. The monoisotopic (exact) mass is 404 g/mol. The maximum absolute atomic E-state index is 12.5. The molecule has 1 heterocycles. The highest BCUT2D eigenvalue weighted by Gasteiger charge is 2.14. The fourth-order valence-corrected chi connectivity index (χ4v) is 4.81. The molecule has 0 aliphatic carbocycles. The molecule has 0 aliphatic rings. The maximum atomic E-state index is 12.5. The van der Waals surface area contributed by atoms with E-state index in [0.29, 0.717) is 0 Å². The van der Waals surface area contributed by atoms with E-state index in [4.69, 9.17) is 4.98 Å². The average Bonchev–Trinajstić information content (AvgIpc) is 3.12. The van der Waals surface area contributed by atoms with Gasteiger partial charge in [-0.15, -0.1) is 23.1 Å². The Bertz CT molecular complexity index is 1100. The number of hydrogen-bond acceptors (Lipinski definition) is 4. The molecule has 0 saturated carbocycles. The lowest BCUT2D eigenvalue weighted by molar-refractivity contribution is -0.115. The van der Waals surface area contributed by atoms with Crippen LogP contribution in [0.5, 0.6) is 0 Å². The smallest absolute Gasteiger partial charge is 0.237 e. The number of fused-ring (bicyclic) bond motifs is 1. The number of thioether (sulfide) groups is 1. The normalized spacial score (nSPS) is 12.1. The number of benzene rings is 3. The molecule has 28 heavy (non-hydrogen) atoms. The molecule has 1 atom stereocenters. The summed E-state index contributed by atoms with van der Waals surface area (Å²) in [6.45, 7) is 4.01. The van der Waals surface area contributed by atoms with Gasteiger partial charge in [-0.1, -0.05) is 24.3 Å². The third-order valence-electron chi connectivity index (χ3n) is 4.37. The highest BCUT2D eigenvalue weighted by Crippen LogP contribution is 2.31. The van der Waals surface area contributed by atoms with Crippen LogP contribution in [0.4, 0.5) is 5.69 Å². The molecule has 5 heteroatoms. The van der Waals surface area contributed by atoms with E-state index >= 15 is 0 Å². The lowest BCUT2D eigenvalue weighted by atomic mass is 10.2. The van der Waals surface area contributed by atoms with Crippen molar-refractivity contribution in [3.8, 4) is 10.6 Å². The first kappa shape index (κ1) is 18.7. The first-order chi connectivity index (χ1) is 13.6. The average molecular weight is 405 g/mol. The van der Waals surface area contributed by atoms with E-state index in [1.54, 1.807) is 23.1 Å². The van der Waals surface area contributed by atoms with Crippen LogP contribution in [0, 0.1) is 6.92 Å². The Balaban J connectivity index is 1.44. The second-order valence-electron chi connectivity index (χ2n) is 6.63. The van der Waals surface area contributed by atoms with Gasteiger partial charge >= 0.3 is 0 Å². The molecule has 0 bridgehead atoms. The summed E-state index contributed by atoms with van der Waals surface area (Å²) in [6.07, 6.45) is 0. The lowest BCUT2D eigenvalue weighted by Gasteiger charge is -2.12. The molecule has 0 radical (unpaired) electrons. The number of hydrogen-bond donors (Lipinski definition) is 1. The van der Waals surface area contributed by atoms with E-state index in [1.807, 2.05) is 61.5 Å². The van der Waals surface area contributed by atoms with E-state index in [0.717, 1.165) is 26.7 Å². The molecular formula is C23H20N2OS2. The molecule has 0 fully saturated rings. The number of carbonyl (C=O) groups excluding carboxylic acids is 1. The Morgan fingerprint density at radius 3 is 2.54 bits per heavy atom. The van der Waals surface area contributed by atoms with E-state index in [1.165, 1.54) is 10.3 Å². The molecule has 1 N–H and O–H groups in total. The Morgan fingerprint density at radius 2 is 1.79 bits per heavy atom. The van der Waals surface area contributed by atoms with Gasteiger partial charge in [0, 0.05) is 16.1 Å². The number of amides is 1. The fraction of sp³-hybridized carbons (Fsp3) is 0.130. The molecule has 4 aromatic rings. The van der Waals surface area contributed by atoms with Crippen molar-refractivity contribution in [3.63, 3.8) is 0 Å². The van der Waals surface area contributed by atoms with Crippen molar-refractivity contribution in [3.05, 3.63) is 78.4 Å². The predicted molar refractivity (Wildman–Crippen MR) is 120 cm³/mol. The lowest BCUT2D eigenvalue weighted by Crippen LogP contribution is -2.22. The predicted octanol–water partition coefficient (Wildman–Crippen LogP) is 6.39. The minimum absolute atomic E-state index is 0.00272. The number of nitrogens with zero attached hydrogens (tertiary/aromatic N) is 1. The van der Waals surface area contributed by atoms with E-state index < -0.39 is 0 Å². The number of carbonyl (C=O) groups is 1. The summed E-state index contributed by atoms with van der Waals surface area (Å²) in [7, 11) is 0. The Hall–Kier alpha value is -2.63. The van der Waals surface area contributed by atoms with Crippen molar-refractivity contribution < 1.29 is 4.79 Å². The van der Waals surface area contributed by atoms with Crippen LogP contribution in [0.1, 0.15) is 12.5 Å².